The second kappa shape index (κ2) is 10.6. The van der Waals surface area contributed by atoms with E-state index in [1.807, 2.05) is 31.2 Å². The van der Waals surface area contributed by atoms with Gasteiger partial charge < -0.3 is 10.6 Å². The van der Waals surface area contributed by atoms with Gasteiger partial charge in [0, 0.05) is 40.6 Å². The summed E-state index contributed by atoms with van der Waals surface area (Å²) in [7, 11) is 0. The van der Waals surface area contributed by atoms with Crippen LogP contribution < -0.4 is 10.6 Å². The molecule has 3 rings (SSSR count). The molecule has 1 aliphatic carbocycles. The number of benzene rings is 1. The van der Waals surface area contributed by atoms with Crippen LogP contribution in [0, 0.1) is 6.92 Å². The third-order valence-corrected chi connectivity index (χ3v) is 6.65. The van der Waals surface area contributed by atoms with Crippen molar-refractivity contribution in [1.29, 1.82) is 0 Å². The predicted octanol–water partition coefficient (Wildman–Crippen LogP) is 4.31. The van der Waals surface area contributed by atoms with Gasteiger partial charge in [0.1, 0.15) is 0 Å². The third-order valence-electron chi connectivity index (χ3n) is 4.78. The third kappa shape index (κ3) is 6.63. The minimum absolute atomic E-state index is 0.0243. The number of aryl methyl sites for hydroxylation is 1. The quantitative estimate of drug-likeness (QED) is 0.628. The molecule has 1 aromatic heterocycles. The highest BCUT2D eigenvalue weighted by molar-refractivity contribution is 7.98. The summed E-state index contributed by atoms with van der Waals surface area (Å²) in [5, 5.41) is 9.06. The Hall–Kier alpha value is -1.86. The monoisotopic (exact) mass is 417 g/mol. The van der Waals surface area contributed by atoms with E-state index in [1.165, 1.54) is 19.3 Å². The van der Waals surface area contributed by atoms with Gasteiger partial charge >= 0.3 is 0 Å². The summed E-state index contributed by atoms with van der Waals surface area (Å²) in [4.78, 5) is 29.8. The van der Waals surface area contributed by atoms with Crippen molar-refractivity contribution < 1.29 is 9.59 Å². The van der Waals surface area contributed by atoms with E-state index in [4.69, 9.17) is 0 Å². The molecule has 1 fully saturated rings. The van der Waals surface area contributed by atoms with E-state index in [1.54, 1.807) is 23.1 Å². The van der Waals surface area contributed by atoms with Crippen molar-refractivity contribution in [3.63, 3.8) is 0 Å². The zero-order valence-corrected chi connectivity index (χ0v) is 17.8. The average molecular weight is 418 g/mol. The number of thioether (sulfide) groups is 1. The van der Waals surface area contributed by atoms with Gasteiger partial charge in [-0.2, -0.15) is 0 Å². The van der Waals surface area contributed by atoms with Gasteiger partial charge in [0.25, 0.3) is 5.91 Å². The molecule has 2 amide bonds. The zero-order valence-electron chi connectivity index (χ0n) is 16.2. The first kappa shape index (κ1) is 20.9. The molecule has 1 aromatic carbocycles. The molecule has 0 spiro atoms. The number of carbonyl (C=O) groups is 2. The lowest BCUT2D eigenvalue weighted by Gasteiger charge is -2.22. The van der Waals surface area contributed by atoms with E-state index >= 15 is 0 Å². The van der Waals surface area contributed by atoms with Gasteiger partial charge in [0.05, 0.1) is 10.7 Å². The molecule has 2 N–H and O–H groups in total. The Labute approximate surface area is 174 Å². The Morgan fingerprint density at radius 3 is 2.61 bits per heavy atom. The van der Waals surface area contributed by atoms with Crippen LogP contribution in [0.15, 0.2) is 34.5 Å². The number of nitrogens with zero attached hydrogens (tertiary/aromatic N) is 1. The first-order valence-corrected chi connectivity index (χ1v) is 11.7. The van der Waals surface area contributed by atoms with Gasteiger partial charge in [-0.05, 0) is 44.0 Å². The highest BCUT2D eigenvalue weighted by Crippen LogP contribution is 2.24. The molecule has 1 aliphatic rings. The highest BCUT2D eigenvalue weighted by Gasteiger charge is 2.15. The molecule has 150 valence electrons. The molecule has 0 bridgehead atoms. The lowest BCUT2D eigenvalue weighted by Crippen LogP contribution is -2.38. The molecule has 1 heterocycles. The summed E-state index contributed by atoms with van der Waals surface area (Å²) in [5.41, 5.74) is 1.70. The standard InChI is InChI=1S/C21H27N3O2S2/c1-15-23-18(13-27-15)14-28-19-9-7-16(8-10-19)21(26)22-12-11-20(25)24-17-5-3-2-4-6-17/h7-10,13,17H,2-6,11-12,14H2,1H3,(H,22,26)(H,24,25). The van der Waals surface area contributed by atoms with Gasteiger partial charge in [-0.15, -0.1) is 23.1 Å². The van der Waals surface area contributed by atoms with Crippen molar-refractivity contribution in [3.05, 3.63) is 45.9 Å². The largest absolute Gasteiger partial charge is 0.353 e. The first-order valence-electron chi connectivity index (χ1n) is 9.81. The maximum absolute atomic E-state index is 12.3. The number of hydrogen-bond acceptors (Lipinski definition) is 5. The summed E-state index contributed by atoms with van der Waals surface area (Å²) in [6.07, 6.45) is 6.13. The van der Waals surface area contributed by atoms with E-state index in [-0.39, 0.29) is 11.8 Å². The molecule has 0 radical (unpaired) electrons. The Morgan fingerprint density at radius 1 is 1.18 bits per heavy atom. The molecule has 28 heavy (non-hydrogen) atoms. The fourth-order valence-corrected chi connectivity index (χ4v) is 4.78. The van der Waals surface area contributed by atoms with Crippen LogP contribution in [-0.4, -0.2) is 29.4 Å². The maximum atomic E-state index is 12.3. The smallest absolute Gasteiger partial charge is 0.251 e. The summed E-state index contributed by atoms with van der Waals surface area (Å²) in [6.45, 7) is 2.36. The lowest BCUT2D eigenvalue weighted by molar-refractivity contribution is -0.121. The van der Waals surface area contributed by atoms with Gasteiger partial charge in [-0.25, -0.2) is 4.98 Å². The molecule has 7 heteroatoms. The molecule has 0 saturated heterocycles. The fraction of sp³-hybridized carbons (Fsp3) is 0.476. The predicted molar refractivity (Wildman–Crippen MR) is 115 cm³/mol. The van der Waals surface area contributed by atoms with Gasteiger partial charge in [0.2, 0.25) is 5.91 Å². The Bertz CT molecular complexity index is 783. The second-order valence-corrected chi connectivity index (χ2v) is 9.19. The summed E-state index contributed by atoms with van der Waals surface area (Å²) >= 11 is 3.36. The van der Waals surface area contributed by atoms with Gasteiger partial charge in [-0.1, -0.05) is 19.3 Å². The molecule has 1 saturated carbocycles. The van der Waals surface area contributed by atoms with E-state index < -0.39 is 0 Å². The lowest BCUT2D eigenvalue weighted by atomic mass is 9.95. The first-order chi connectivity index (χ1) is 13.6. The number of carbonyl (C=O) groups excluding carboxylic acids is 2. The average Bonchev–Trinajstić information content (AvgIpc) is 3.12. The Kier molecular flexibility index (Phi) is 7.91. The molecular weight excluding hydrogens is 390 g/mol. The van der Waals surface area contributed by atoms with Crippen LogP contribution in [0.25, 0.3) is 0 Å². The van der Waals surface area contributed by atoms with E-state index in [2.05, 4.69) is 21.0 Å². The number of amides is 2. The normalized spacial score (nSPS) is 14.6. The minimum Gasteiger partial charge on any atom is -0.353 e. The highest BCUT2D eigenvalue weighted by atomic mass is 32.2. The molecule has 5 nitrogen and oxygen atoms in total. The maximum Gasteiger partial charge on any atom is 0.251 e. The number of aromatic nitrogens is 1. The van der Waals surface area contributed by atoms with Crippen LogP contribution in [0.5, 0.6) is 0 Å². The van der Waals surface area contributed by atoms with E-state index in [0.717, 1.165) is 34.2 Å². The number of rotatable bonds is 8. The Balaban J connectivity index is 1.37. The minimum atomic E-state index is -0.142. The number of thiazole rings is 1. The topological polar surface area (TPSA) is 71.1 Å². The van der Waals surface area contributed by atoms with Crippen molar-refractivity contribution in [3.8, 4) is 0 Å². The van der Waals surface area contributed by atoms with Gasteiger partial charge in [0.15, 0.2) is 0 Å². The van der Waals surface area contributed by atoms with E-state index in [0.29, 0.717) is 24.6 Å². The van der Waals surface area contributed by atoms with Crippen molar-refractivity contribution in [2.45, 2.75) is 62.1 Å². The summed E-state index contributed by atoms with van der Waals surface area (Å²) < 4.78 is 0. The van der Waals surface area contributed by atoms with Crippen molar-refractivity contribution >= 4 is 34.9 Å². The van der Waals surface area contributed by atoms with Crippen molar-refractivity contribution in [2.75, 3.05) is 6.54 Å². The van der Waals surface area contributed by atoms with E-state index in [9.17, 15) is 9.59 Å². The summed E-state index contributed by atoms with van der Waals surface area (Å²) in [6, 6.07) is 7.87. The van der Waals surface area contributed by atoms with Crippen molar-refractivity contribution in [1.82, 2.24) is 15.6 Å². The number of nitrogens with one attached hydrogen (secondary N) is 2. The molecule has 0 unspecified atom stereocenters. The molecular formula is C21H27N3O2S2. The molecule has 0 atom stereocenters. The van der Waals surface area contributed by atoms with Crippen LogP contribution in [0.3, 0.4) is 0 Å². The zero-order chi connectivity index (χ0) is 19.8. The SMILES string of the molecule is Cc1nc(CSc2ccc(C(=O)NCCC(=O)NC3CCCCC3)cc2)cs1. The molecule has 0 aliphatic heterocycles. The van der Waals surface area contributed by atoms with Crippen LogP contribution in [0.4, 0.5) is 0 Å². The van der Waals surface area contributed by atoms with Crippen molar-refractivity contribution in [2.24, 2.45) is 0 Å². The summed E-state index contributed by atoms with van der Waals surface area (Å²) in [5.74, 6) is 0.708. The van der Waals surface area contributed by atoms with Crippen LogP contribution in [0.1, 0.15) is 59.6 Å². The van der Waals surface area contributed by atoms with Crippen LogP contribution >= 0.6 is 23.1 Å². The Morgan fingerprint density at radius 2 is 1.93 bits per heavy atom. The molecule has 2 aromatic rings. The fourth-order valence-electron chi connectivity index (χ4n) is 3.27. The second-order valence-electron chi connectivity index (χ2n) is 7.08. The van der Waals surface area contributed by atoms with Gasteiger partial charge in [-0.3, -0.25) is 9.59 Å². The number of hydrogen-bond donors (Lipinski definition) is 2. The van der Waals surface area contributed by atoms with Crippen LogP contribution in [-0.2, 0) is 10.5 Å². The van der Waals surface area contributed by atoms with Crippen LogP contribution in [0.2, 0.25) is 0 Å².